The molecule has 0 radical (unpaired) electrons. The van der Waals surface area contributed by atoms with Gasteiger partial charge in [0.05, 0.1) is 0 Å². The molecule has 4 rings (SSSR count). The lowest BCUT2D eigenvalue weighted by Crippen LogP contribution is -2.49. The molecule has 1 fully saturated rings. The lowest BCUT2D eigenvalue weighted by molar-refractivity contribution is 0.381. The molecule has 0 saturated carbocycles. The number of halogens is 1. The van der Waals surface area contributed by atoms with Crippen molar-refractivity contribution >= 4 is 15.8 Å². The molecule has 10 heteroatoms. The Hall–Kier alpha value is -2.85. The predicted octanol–water partition coefficient (Wildman–Crippen LogP) is 1.62. The van der Waals surface area contributed by atoms with Crippen molar-refractivity contribution in [1.82, 2.24) is 23.8 Å². The third-order valence-electron chi connectivity index (χ3n) is 4.73. The van der Waals surface area contributed by atoms with Gasteiger partial charge in [-0.2, -0.15) is 4.31 Å². The number of rotatable bonds is 4. The van der Waals surface area contributed by atoms with Crippen LogP contribution in [-0.2, 0) is 10.0 Å². The molecule has 1 aromatic carbocycles. The van der Waals surface area contributed by atoms with Crippen molar-refractivity contribution in [3.63, 3.8) is 0 Å². The fraction of sp³-hybridized carbons (Fsp3) is 0.278. The lowest BCUT2D eigenvalue weighted by atomic mass is 10.3. The molecule has 2 aromatic heterocycles. The summed E-state index contributed by atoms with van der Waals surface area (Å²) >= 11 is 0. The van der Waals surface area contributed by atoms with Gasteiger partial charge in [-0.05, 0) is 19.1 Å². The van der Waals surface area contributed by atoms with Crippen molar-refractivity contribution in [2.45, 2.75) is 11.8 Å². The van der Waals surface area contributed by atoms with E-state index < -0.39 is 15.8 Å². The van der Waals surface area contributed by atoms with Crippen molar-refractivity contribution in [3.05, 3.63) is 60.7 Å². The number of hydrogen-bond acceptors (Lipinski definition) is 6. The smallest absolute Gasteiger partial charge is 0.246 e. The van der Waals surface area contributed by atoms with Crippen molar-refractivity contribution in [2.24, 2.45) is 0 Å². The molecule has 0 atom stereocenters. The highest BCUT2D eigenvalue weighted by Gasteiger charge is 2.30. The molecule has 0 N–H and O–H groups in total. The van der Waals surface area contributed by atoms with Crippen LogP contribution in [0, 0.1) is 12.7 Å². The normalized spacial score (nSPS) is 15.7. The Kier molecular flexibility index (Phi) is 4.82. The molecule has 0 amide bonds. The predicted molar refractivity (Wildman–Crippen MR) is 101 cm³/mol. The van der Waals surface area contributed by atoms with Gasteiger partial charge in [-0.25, -0.2) is 27.8 Å². The highest BCUT2D eigenvalue weighted by atomic mass is 32.2. The number of aromatic nitrogens is 4. The highest BCUT2D eigenvalue weighted by Crippen LogP contribution is 2.22. The molecular formula is C18H19FN6O2S. The zero-order valence-corrected chi connectivity index (χ0v) is 16.0. The quantitative estimate of drug-likeness (QED) is 0.659. The first-order chi connectivity index (χ1) is 13.5. The molecule has 1 aliphatic heterocycles. The number of piperazine rings is 1. The van der Waals surface area contributed by atoms with Gasteiger partial charge in [-0.15, -0.1) is 0 Å². The average Bonchev–Trinajstić information content (AvgIpc) is 3.14. The van der Waals surface area contributed by atoms with Gasteiger partial charge in [-0.1, -0.05) is 12.1 Å². The topological polar surface area (TPSA) is 84.2 Å². The van der Waals surface area contributed by atoms with E-state index in [-0.39, 0.29) is 18.0 Å². The molecule has 28 heavy (non-hydrogen) atoms. The fourth-order valence-electron chi connectivity index (χ4n) is 3.21. The zero-order chi connectivity index (χ0) is 19.7. The maximum atomic E-state index is 14.0. The molecule has 3 aromatic rings. The van der Waals surface area contributed by atoms with E-state index in [9.17, 15) is 12.8 Å². The van der Waals surface area contributed by atoms with E-state index in [1.54, 1.807) is 6.20 Å². The summed E-state index contributed by atoms with van der Waals surface area (Å²) in [6, 6.07) is 7.29. The molecule has 0 unspecified atom stereocenters. The van der Waals surface area contributed by atoms with Crippen LogP contribution in [0.2, 0.25) is 0 Å². The van der Waals surface area contributed by atoms with Crippen LogP contribution in [0.5, 0.6) is 0 Å². The maximum absolute atomic E-state index is 14.0. The van der Waals surface area contributed by atoms with E-state index in [1.807, 2.05) is 28.7 Å². The maximum Gasteiger partial charge on any atom is 0.246 e. The minimum atomic E-state index is -3.86. The van der Waals surface area contributed by atoms with Crippen LogP contribution in [0.4, 0.5) is 10.2 Å². The van der Waals surface area contributed by atoms with Crippen molar-refractivity contribution in [3.8, 4) is 5.82 Å². The Labute approximate surface area is 162 Å². The van der Waals surface area contributed by atoms with Gasteiger partial charge in [0.25, 0.3) is 0 Å². The van der Waals surface area contributed by atoms with Gasteiger partial charge in [0, 0.05) is 44.6 Å². The highest BCUT2D eigenvalue weighted by molar-refractivity contribution is 7.89. The van der Waals surface area contributed by atoms with Crippen LogP contribution < -0.4 is 4.90 Å². The molecular weight excluding hydrogens is 383 g/mol. The Morgan fingerprint density at radius 3 is 2.39 bits per heavy atom. The van der Waals surface area contributed by atoms with Crippen LogP contribution in [0.3, 0.4) is 0 Å². The standard InChI is InChI=1S/C18H19FN6O2S/c1-14-20-6-7-25(14)18-12-17(21-13-22-18)23-8-10-24(11-9-23)28(26,27)16-5-3-2-4-15(16)19/h2-7,12-13H,8-11H2,1H3. The van der Waals surface area contributed by atoms with Crippen LogP contribution in [-0.4, -0.2) is 58.4 Å². The molecule has 146 valence electrons. The van der Waals surface area contributed by atoms with Crippen LogP contribution in [0.1, 0.15) is 5.82 Å². The number of hydrogen-bond donors (Lipinski definition) is 0. The minimum Gasteiger partial charge on any atom is -0.354 e. The van der Waals surface area contributed by atoms with Gasteiger partial charge in [0.2, 0.25) is 10.0 Å². The van der Waals surface area contributed by atoms with E-state index in [1.165, 1.54) is 28.8 Å². The van der Waals surface area contributed by atoms with Gasteiger partial charge in [-0.3, -0.25) is 4.57 Å². The van der Waals surface area contributed by atoms with Crippen LogP contribution in [0.25, 0.3) is 5.82 Å². The van der Waals surface area contributed by atoms with Crippen molar-refractivity contribution in [2.75, 3.05) is 31.1 Å². The van der Waals surface area contributed by atoms with Gasteiger partial charge in [0.1, 0.15) is 34.5 Å². The first-order valence-corrected chi connectivity index (χ1v) is 10.2. The monoisotopic (exact) mass is 402 g/mol. The fourth-order valence-corrected chi connectivity index (χ4v) is 4.70. The average molecular weight is 402 g/mol. The molecule has 1 aliphatic rings. The zero-order valence-electron chi connectivity index (χ0n) is 15.2. The minimum absolute atomic E-state index is 0.250. The summed E-state index contributed by atoms with van der Waals surface area (Å²) in [5.74, 6) is 1.48. The van der Waals surface area contributed by atoms with E-state index in [0.717, 1.165) is 11.9 Å². The van der Waals surface area contributed by atoms with Crippen molar-refractivity contribution in [1.29, 1.82) is 0 Å². The van der Waals surface area contributed by atoms with Crippen LogP contribution in [0.15, 0.2) is 53.9 Å². The first-order valence-electron chi connectivity index (χ1n) is 8.79. The number of anilines is 1. The Bertz CT molecular complexity index is 1090. The Balaban J connectivity index is 1.51. The van der Waals surface area contributed by atoms with E-state index in [4.69, 9.17) is 0 Å². The number of nitrogens with zero attached hydrogens (tertiary/aromatic N) is 6. The summed E-state index contributed by atoms with van der Waals surface area (Å²) < 4.78 is 42.6. The molecule has 1 saturated heterocycles. The third kappa shape index (κ3) is 3.36. The second kappa shape index (κ2) is 7.28. The molecule has 0 spiro atoms. The first kappa shape index (κ1) is 18.5. The van der Waals surface area contributed by atoms with Crippen LogP contribution >= 0.6 is 0 Å². The lowest BCUT2D eigenvalue weighted by Gasteiger charge is -2.34. The second-order valence-electron chi connectivity index (χ2n) is 6.40. The summed E-state index contributed by atoms with van der Waals surface area (Å²) in [6.45, 7) is 3.29. The van der Waals surface area contributed by atoms with Crippen molar-refractivity contribution < 1.29 is 12.8 Å². The Morgan fingerprint density at radius 2 is 1.71 bits per heavy atom. The van der Waals surface area contributed by atoms with Gasteiger partial charge < -0.3 is 4.90 Å². The summed E-state index contributed by atoms with van der Waals surface area (Å²) in [5.41, 5.74) is 0. The van der Waals surface area contributed by atoms with Gasteiger partial charge in [0.15, 0.2) is 0 Å². The van der Waals surface area contributed by atoms with E-state index >= 15 is 0 Å². The SMILES string of the molecule is Cc1nccn1-c1cc(N2CCN(S(=O)(=O)c3ccccc3F)CC2)ncn1. The number of imidazole rings is 1. The molecule has 3 heterocycles. The second-order valence-corrected chi connectivity index (χ2v) is 8.31. The number of sulfonamides is 1. The van der Waals surface area contributed by atoms with Gasteiger partial charge >= 0.3 is 0 Å². The third-order valence-corrected chi connectivity index (χ3v) is 6.66. The summed E-state index contributed by atoms with van der Waals surface area (Å²) in [7, 11) is -3.86. The van der Waals surface area contributed by atoms with E-state index in [2.05, 4.69) is 15.0 Å². The summed E-state index contributed by atoms with van der Waals surface area (Å²) in [6.07, 6.45) is 5.00. The molecule has 0 bridgehead atoms. The molecule has 0 aliphatic carbocycles. The largest absolute Gasteiger partial charge is 0.354 e. The Morgan fingerprint density at radius 1 is 1.00 bits per heavy atom. The van der Waals surface area contributed by atoms with E-state index in [0.29, 0.717) is 24.7 Å². The number of benzene rings is 1. The summed E-state index contributed by atoms with van der Waals surface area (Å²) in [5, 5.41) is 0. The number of aryl methyl sites for hydroxylation is 1. The molecule has 8 nitrogen and oxygen atoms in total. The summed E-state index contributed by atoms with van der Waals surface area (Å²) in [4.78, 5) is 14.5.